The molecule has 3 N–H and O–H groups in total. The minimum absolute atomic E-state index is 0.0220. The molecule has 1 fully saturated rings. The minimum atomic E-state index is -0.476. The number of pyridine rings is 1. The van der Waals surface area contributed by atoms with Crippen LogP contribution >= 0.6 is 22.9 Å². The van der Waals surface area contributed by atoms with E-state index in [0.29, 0.717) is 29.8 Å². The maximum absolute atomic E-state index is 13.1. The molecule has 0 unspecified atom stereocenters. The Morgan fingerprint density at radius 3 is 2.65 bits per heavy atom. The number of nitrogens with one attached hydrogen (secondary N) is 1. The molecule has 0 bridgehead atoms. The lowest BCUT2D eigenvalue weighted by Gasteiger charge is -2.29. The molecule has 0 radical (unpaired) electrons. The van der Waals surface area contributed by atoms with E-state index in [1.165, 1.54) is 22.9 Å². The van der Waals surface area contributed by atoms with Gasteiger partial charge in [-0.05, 0) is 49.2 Å². The second-order valence-electron chi connectivity index (χ2n) is 8.54. The van der Waals surface area contributed by atoms with Crippen molar-refractivity contribution in [2.75, 3.05) is 5.32 Å². The monoisotopic (exact) mass is 457 g/mol. The average molecular weight is 458 g/mol. The molecule has 1 aliphatic rings. The number of hydrogen-bond acceptors (Lipinski definition) is 7. The normalized spacial score (nSPS) is 18.9. The van der Waals surface area contributed by atoms with E-state index >= 15 is 0 Å². The molecule has 0 saturated heterocycles. The fourth-order valence-electron chi connectivity index (χ4n) is 4.07. The highest BCUT2D eigenvalue weighted by atomic mass is 32.1. The van der Waals surface area contributed by atoms with Gasteiger partial charge in [0.25, 0.3) is 11.5 Å². The van der Waals surface area contributed by atoms with Crippen LogP contribution in [0.2, 0.25) is 0 Å². The minimum Gasteiger partial charge on any atom is -0.378 e. The van der Waals surface area contributed by atoms with E-state index in [-0.39, 0.29) is 11.6 Å². The van der Waals surface area contributed by atoms with Crippen molar-refractivity contribution < 1.29 is 4.79 Å². The third kappa shape index (κ3) is 5.04. The van der Waals surface area contributed by atoms with Crippen LogP contribution in [0.3, 0.4) is 0 Å². The van der Waals surface area contributed by atoms with Gasteiger partial charge in [-0.15, -0.1) is 11.3 Å². The first-order chi connectivity index (χ1) is 14.9. The van der Waals surface area contributed by atoms with Crippen molar-refractivity contribution in [3.05, 3.63) is 50.3 Å². The van der Waals surface area contributed by atoms with Crippen LogP contribution in [-0.2, 0) is 6.54 Å². The Labute approximate surface area is 189 Å². The van der Waals surface area contributed by atoms with Crippen molar-refractivity contribution in [1.29, 1.82) is 0 Å². The Balaban J connectivity index is 1.49. The molecule has 0 aromatic carbocycles. The number of carbonyl (C=O) groups excluding carboxylic acids is 1. The Kier molecular flexibility index (Phi) is 6.52. The van der Waals surface area contributed by atoms with Gasteiger partial charge in [-0.3, -0.25) is 9.59 Å². The van der Waals surface area contributed by atoms with E-state index in [9.17, 15) is 9.59 Å². The van der Waals surface area contributed by atoms with Gasteiger partial charge in [-0.2, -0.15) is 0 Å². The Morgan fingerprint density at radius 1 is 1.26 bits per heavy atom. The van der Waals surface area contributed by atoms with E-state index in [0.717, 1.165) is 41.8 Å². The van der Waals surface area contributed by atoms with Crippen LogP contribution in [0.25, 0.3) is 11.1 Å². The molecule has 3 heterocycles. The average Bonchev–Trinajstić information content (AvgIpc) is 3.43. The van der Waals surface area contributed by atoms with E-state index in [1.54, 1.807) is 5.38 Å². The molecular formula is C22H27N5O2S2. The van der Waals surface area contributed by atoms with Crippen LogP contribution in [0.4, 0.5) is 5.69 Å². The molecule has 0 spiro atoms. The summed E-state index contributed by atoms with van der Waals surface area (Å²) in [5.74, 6) is 0.244. The summed E-state index contributed by atoms with van der Waals surface area (Å²) in [6.45, 7) is 4.90. The second-order valence-corrected chi connectivity index (χ2v) is 10.1. The molecular weight excluding hydrogens is 430 g/mol. The van der Waals surface area contributed by atoms with Gasteiger partial charge >= 0.3 is 0 Å². The molecule has 1 amide bonds. The highest BCUT2D eigenvalue weighted by molar-refractivity contribution is 7.09. The molecule has 0 aliphatic heterocycles. The first kappa shape index (κ1) is 21.7. The van der Waals surface area contributed by atoms with Crippen molar-refractivity contribution in [3.8, 4) is 11.1 Å². The molecule has 1 saturated carbocycles. The summed E-state index contributed by atoms with van der Waals surface area (Å²) in [4.78, 5) is 28.8. The van der Waals surface area contributed by atoms with Crippen LogP contribution in [0, 0.1) is 5.92 Å². The smallest absolute Gasteiger partial charge is 0.273 e. The number of carbonyl (C=O) groups is 1. The highest BCUT2D eigenvalue weighted by Crippen LogP contribution is 2.35. The number of nitrogens with zero attached hydrogens (tertiary/aromatic N) is 3. The number of amides is 1. The third-order valence-electron chi connectivity index (χ3n) is 5.62. The van der Waals surface area contributed by atoms with Gasteiger partial charge in [0, 0.05) is 52.8 Å². The van der Waals surface area contributed by atoms with Crippen molar-refractivity contribution in [3.63, 3.8) is 0 Å². The van der Waals surface area contributed by atoms with Gasteiger partial charge in [0.15, 0.2) is 0 Å². The predicted octanol–water partition coefficient (Wildman–Crippen LogP) is 4.32. The summed E-state index contributed by atoms with van der Waals surface area (Å²) in [5, 5.41) is 8.25. The zero-order valence-corrected chi connectivity index (χ0v) is 19.3. The highest BCUT2D eigenvalue weighted by Gasteiger charge is 2.26. The van der Waals surface area contributed by atoms with Crippen LogP contribution in [0.15, 0.2) is 34.0 Å². The maximum atomic E-state index is 13.1. The Bertz CT molecular complexity index is 1100. The predicted molar refractivity (Wildman–Crippen MR) is 126 cm³/mol. The van der Waals surface area contributed by atoms with Crippen LogP contribution in [0.1, 0.15) is 60.9 Å². The van der Waals surface area contributed by atoms with Crippen molar-refractivity contribution in [2.24, 2.45) is 11.7 Å². The number of nitrogens with two attached hydrogens (primary N) is 1. The molecule has 164 valence electrons. The molecule has 3 aromatic heterocycles. The molecule has 9 heteroatoms. The van der Waals surface area contributed by atoms with Crippen LogP contribution < -0.4 is 16.6 Å². The summed E-state index contributed by atoms with van der Waals surface area (Å²) < 4.78 is 6.02. The first-order valence-corrected chi connectivity index (χ1v) is 12.3. The Hall–Kier alpha value is -2.52. The van der Waals surface area contributed by atoms with Gasteiger partial charge in [0.1, 0.15) is 11.4 Å². The van der Waals surface area contributed by atoms with Gasteiger partial charge < -0.3 is 15.6 Å². The van der Waals surface area contributed by atoms with Crippen molar-refractivity contribution >= 4 is 34.5 Å². The van der Waals surface area contributed by atoms with Gasteiger partial charge in [-0.25, -0.2) is 9.36 Å². The van der Waals surface area contributed by atoms with Crippen LogP contribution in [0.5, 0.6) is 0 Å². The van der Waals surface area contributed by atoms with E-state index in [1.807, 2.05) is 28.4 Å². The quantitative estimate of drug-likeness (QED) is 0.550. The van der Waals surface area contributed by atoms with Crippen LogP contribution in [-0.4, -0.2) is 25.9 Å². The summed E-state index contributed by atoms with van der Waals surface area (Å²) in [7, 11) is 0. The van der Waals surface area contributed by atoms with E-state index < -0.39 is 5.91 Å². The third-order valence-corrected chi connectivity index (χ3v) is 7.22. The number of thiazole rings is 1. The number of rotatable bonds is 7. The Morgan fingerprint density at radius 2 is 2.03 bits per heavy atom. The molecule has 31 heavy (non-hydrogen) atoms. The zero-order valence-electron chi connectivity index (χ0n) is 17.7. The summed E-state index contributed by atoms with van der Waals surface area (Å²) >= 11 is 2.92. The summed E-state index contributed by atoms with van der Waals surface area (Å²) in [6, 6.07) is 2.19. The number of aromatic nitrogens is 3. The van der Waals surface area contributed by atoms with Crippen molar-refractivity contribution in [1.82, 2.24) is 13.9 Å². The largest absolute Gasteiger partial charge is 0.378 e. The maximum Gasteiger partial charge on any atom is 0.273 e. The van der Waals surface area contributed by atoms with E-state index in [2.05, 4.69) is 28.5 Å². The zero-order chi connectivity index (χ0) is 22.0. The fourth-order valence-corrected chi connectivity index (χ4v) is 5.59. The number of hydrogen-bond donors (Lipinski definition) is 2. The number of primary amides is 1. The standard InChI is InChI=1S/C22H27N5O2S2/c1-13(2)9-27-10-15(16-8-24-31-11-16)7-18(22(27)29)25-17-5-3-14(4-6-17)21-26-19(12-30-21)20(23)28/h7-8,10-14,17,25H,3-6,9H2,1-2H3,(H2,23,28). The summed E-state index contributed by atoms with van der Waals surface area (Å²) in [6.07, 6.45) is 7.61. The molecule has 0 atom stereocenters. The summed E-state index contributed by atoms with van der Waals surface area (Å²) in [5.41, 5.74) is 8.39. The molecule has 1 aliphatic carbocycles. The lowest BCUT2D eigenvalue weighted by Crippen LogP contribution is -2.31. The second kappa shape index (κ2) is 9.32. The fraction of sp³-hybridized carbons (Fsp3) is 0.455. The van der Waals surface area contributed by atoms with Gasteiger partial charge in [0.05, 0.1) is 5.01 Å². The SMILES string of the molecule is CC(C)Cn1cc(-c2cnsc2)cc(NC2CCC(c3nc(C(N)=O)cs3)CC2)c1=O. The molecule has 4 rings (SSSR count). The molecule has 3 aromatic rings. The van der Waals surface area contributed by atoms with E-state index in [4.69, 9.17) is 5.73 Å². The molecule has 7 nitrogen and oxygen atoms in total. The lowest BCUT2D eigenvalue weighted by atomic mass is 9.86. The van der Waals surface area contributed by atoms with Crippen molar-refractivity contribution in [2.45, 2.75) is 58.0 Å². The first-order valence-electron chi connectivity index (χ1n) is 10.6. The topological polar surface area (TPSA) is 103 Å². The number of anilines is 1. The van der Waals surface area contributed by atoms with Gasteiger partial charge in [-0.1, -0.05) is 13.8 Å². The lowest BCUT2D eigenvalue weighted by molar-refractivity contribution is 0.0996. The van der Waals surface area contributed by atoms with Gasteiger partial charge in [0.2, 0.25) is 0 Å².